The summed E-state index contributed by atoms with van der Waals surface area (Å²) in [5.41, 5.74) is 7.77. The quantitative estimate of drug-likeness (QED) is 0.128. The first kappa shape index (κ1) is 33.9. The second-order valence-electron chi connectivity index (χ2n) is 14.5. The molecule has 10 rings (SSSR count). The second kappa shape index (κ2) is 14.0. The van der Waals surface area contributed by atoms with Crippen LogP contribution in [0.1, 0.15) is 55.2 Å². The summed E-state index contributed by atoms with van der Waals surface area (Å²) in [5.74, 6) is 2.91. The summed E-state index contributed by atoms with van der Waals surface area (Å²) in [6, 6.07) is 49.2. The molecule has 49 heavy (non-hydrogen) atoms. The van der Waals surface area contributed by atoms with Crippen LogP contribution in [0.25, 0.3) is 22.2 Å². The van der Waals surface area contributed by atoms with E-state index in [-0.39, 0.29) is 20.1 Å². The van der Waals surface area contributed by atoms with E-state index in [9.17, 15) is 4.57 Å². The van der Waals surface area contributed by atoms with Crippen molar-refractivity contribution in [1.82, 2.24) is 4.98 Å². The van der Waals surface area contributed by atoms with Gasteiger partial charge in [0.25, 0.3) is 0 Å². The second-order valence-corrected chi connectivity index (χ2v) is 17.3. The first-order valence-corrected chi connectivity index (χ1v) is 19.2. The van der Waals surface area contributed by atoms with Crippen LogP contribution in [0.4, 0.5) is 0 Å². The van der Waals surface area contributed by atoms with E-state index in [4.69, 9.17) is 4.98 Å². The van der Waals surface area contributed by atoms with Crippen LogP contribution >= 0.6 is 7.14 Å². The van der Waals surface area contributed by atoms with Crippen LogP contribution < -0.4 is 15.9 Å². The van der Waals surface area contributed by atoms with Crippen molar-refractivity contribution in [2.75, 3.05) is 0 Å². The first-order valence-electron chi connectivity index (χ1n) is 17.5. The largest absolute Gasteiger partial charge is 0.311 e. The number of nitrogens with zero attached hydrogens (tertiary/aromatic N) is 1. The van der Waals surface area contributed by atoms with Crippen molar-refractivity contribution in [1.29, 1.82) is 0 Å². The minimum absolute atomic E-state index is 0. The van der Waals surface area contributed by atoms with Crippen molar-refractivity contribution in [2.45, 2.75) is 57.8 Å². The molecule has 4 saturated carbocycles. The molecule has 1 heterocycles. The van der Waals surface area contributed by atoms with E-state index in [1.54, 1.807) is 5.56 Å². The van der Waals surface area contributed by atoms with Gasteiger partial charge in [0, 0.05) is 36.1 Å². The standard InChI is InChI=1S/C27H28N.C18H14OP.Ir/c1-17-8-18(2)10-22(9-17)25-7-6-23-24(4-3-5-26(23)28-25)27-14-19-11-20(15-27)13-21(12-19)16-27;19-20(16-10-4-1-5-11-16,17-12-6-2-7-13-17)18-14-8-3-9-15-18;/h3-9,19-21H,11-16H2,1-2H3;1-14H;/q2*-1;. The Bertz CT molecular complexity index is 1950. The molecular formula is C45H42IrNOP-2. The Morgan fingerprint density at radius 3 is 1.88 bits per heavy atom. The minimum Gasteiger partial charge on any atom is -0.311 e. The molecule has 4 heteroatoms. The van der Waals surface area contributed by atoms with Gasteiger partial charge < -0.3 is 4.57 Å². The third-order valence-corrected chi connectivity index (χ3v) is 14.0. The Balaban J connectivity index is 0.000000160. The Kier molecular flexibility index (Phi) is 9.64. The molecule has 0 atom stereocenters. The number of pyridine rings is 1. The van der Waals surface area contributed by atoms with Gasteiger partial charge in [0.15, 0.2) is 0 Å². The monoisotopic (exact) mass is 836 g/mol. The van der Waals surface area contributed by atoms with Crippen LogP contribution in [-0.2, 0) is 30.1 Å². The van der Waals surface area contributed by atoms with Gasteiger partial charge in [-0.3, -0.25) is 4.98 Å². The molecule has 0 unspecified atom stereocenters. The number of rotatable bonds is 5. The zero-order chi connectivity index (χ0) is 32.7. The number of hydrogen-bond donors (Lipinski definition) is 0. The van der Waals surface area contributed by atoms with Crippen molar-refractivity contribution in [3.8, 4) is 11.3 Å². The molecule has 4 aliphatic rings. The topological polar surface area (TPSA) is 30.0 Å². The van der Waals surface area contributed by atoms with E-state index in [0.717, 1.165) is 50.4 Å². The molecular weight excluding hydrogens is 794 g/mol. The number of aryl methyl sites for hydroxylation is 2. The fourth-order valence-electron chi connectivity index (χ4n) is 9.52. The van der Waals surface area contributed by atoms with Crippen LogP contribution in [0.2, 0.25) is 0 Å². The number of aromatic nitrogens is 1. The molecule has 2 nitrogen and oxygen atoms in total. The van der Waals surface area contributed by atoms with Crippen LogP contribution in [0.15, 0.2) is 127 Å². The smallest absolute Gasteiger partial charge is 0.147 e. The molecule has 0 amide bonds. The Morgan fingerprint density at radius 2 is 1.31 bits per heavy atom. The van der Waals surface area contributed by atoms with Crippen molar-refractivity contribution < 1.29 is 24.7 Å². The van der Waals surface area contributed by atoms with Crippen molar-refractivity contribution in [2.24, 2.45) is 17.8 Å². The van der Waals surface area contributed by atoms with Gasteiger partial charge in [0.05, 0.1) is 5.52 Å². The van der Waals surface area contributed by atoms with Gasteiger partial charge in [-0.05, 0) is 79.0 Å². The first-order chi connectivity index (χ1) is 23.4. The summed E-state index contributed by atoms with van der Waals surface area (Å²) in [4.78, 5) is 5.08. The summed E-state index contributed by atoms with van der Waals surface area (Å²) in [7, 11) is -2.83. The molecule has 4 fully saturated rings. The summed E-state index contributed by atoms with van der Waals surface area (Å²) in [5, 5.41) is 3.82. The Labute approximate surface area is 305 Å². The van der Waals surface area contributed by atoms with Gasteiger partial charge >= 0.3 is 0 Å². The molecule has 5 aromatic carbocycles. The van der Waals surface area contributed by atoms with Gasteiger partial charge in [-0.1, -0.05) is 104 Å². The molecule has 4 bridgehead atoms. The third-order valence-electron chi connectivity index (χ3n) is 11.0. The van der Waals surface area contributed by atoms with Crippen molar-refractivity contribution in [3.05, 3.63) is 156 Å². The van der Waals surface area contributed by atoms with E-state index in [2.05, 4.69) is 68.4 Å². The van der Waals surface area contributed by atoms with Crippen LogP contribution in [0, 0.1) is 43.7 Å². The van der Waals surface area contributed by atoms with Crippen molar-refractivity contribution >= 4 is 34.0 Å². The zero-order valence-electron chi connectivity index (χ0n) is 28.2. The van der Waals surface area contributed by atoms with E-state index >= 15 is 0 Å². The van der Waals surface area contributed by atoms with Crippen LogP contribution in [-0.4, -0.2) is 4.98 Å². The maximum Gasteiger partial charge on any atom is 0.147 e. The summed E-state index contributed by atoms with van der Waals surface area (Å²) < 4.78 is 13.8. The zero-order valence-corrected chi connectivity index (χ0v) is 31.5. The van der Waals surface area contributed by atoms with Crippen LogP contribution in [0.3, 0.4) is 0 Å². The number of hydrogen-bond acceptors (Lipinski definition) is 2. The van der Waals surface area contributed by atoms with E-state index in [0.29, 0.717) is 5.41 Å². The summed E-state index contributed by atoms with van der Waals surface area (Å²) >= 11 is 0. The molecule has 1 radical (unpaired) electrons. The van der Waals surface area contributed by atoms with Crippen LogP contribution in [0.5, 0.6) is 0 Å². The van der Waals surface area contributed by atoms with Gasteiger partial charge in [0.2, 0.25) is 0 Å². The van der Waals surface area contributed by atoms with E-state index < -0.39 is 7.14 Å². The fourth-order valence-corrected chi connectivity index (χ4v) is 12.1. The van der Waals surface area contributed by atoms with Gasteiger partial charge in [-0.15, -0.1) is 34.9 Å². The maximum atomic E-state index is 13.8. The van der Waals surface area contributed by atoms with Gasteiger partial charge in [-0.25, -0.2) is 0 Å². The molecule has 0 aliphatic heterocycles. The average molecular weight is 836 g/mol. The molecule has 0 saturated heterocycles. The fraction of sp³-hybridized carbons (Fsp3) is 0.267. The molecule has 0 spiro atoms. The van der Waals surface area contributed by atoms with E-state index in [1.165, 1.54) is 55.0 Å². The van der Waals surface area contributed by atoms with Gasteiger partial charge in [-0.2, -0.15) is 30.3 Å². The number of fused-ring (bicyclic) bond motifs is 1. The SMILES string of the molecule is Cc1[c-]c(-c2ccc3c(C45CC6CC(CC(C6)C4)C5)cccc3n2)cc(C)c1.O=P(c1[c-]cccc1)(c1ccccc1)c1ccccc1.[Ir]. The maximum absolute atomic E-state index is 13.8. The molecule has 1 aromatic heterocycles. The van der Waals surface area contributed by atoms with E-state index in [1.807, 2.05) is 84.9 Å². The molecule has 4 aliphatic carbocycles. The average Bonchev–Trinajstić information content (AvgIpc) is 3.11. The number of benzene rings is 5. The van der Waals surface area contributed by atoms with Crippen molar-refractivity contribution in [3.63, 3.8) is 0 Å². The predicted molar refractivity (Wildman–Crippen MR) is 200 cm³/mol. The predicted octanol–water partition coefficient (Wildman–Crippen LogP) is 9.91. The third kappa shape index (κ3) is 6.55. The Hall–Kier alpha value is -3.61. The minimum atomic E-state index is -2.83. The Morgan fingerprint density at radius 1 is 0.694 bits per heavy atom. The molecule has 0 N–H and O–H groups in total. The molecule has 249 valence electrons. The normalized spacial score (nSPS) is 22.2. The summed E-state index contributed by atoms with van der Waals surface area (Å²) in [6.45, 7) is 4.26. The summed E-state index contributed by atoms with van der Waals surface area (Å²) in [6.07, 6.45) is 8.71. The van der Waals surface area contributed by atoms with Gasteiger partial charge in [0.1, 0.15) is 7.14 Å². The molecule has 6 aromatic rings.